The number of aromatic nitrogens is 1. The van der Waals surface area contributed by atoms with E-state index in [1.165, 1.54) is 42.6 Å². The van der Waals surface area contributed by atoms with Crippen molar-refractivity contribution >= 4 is 44.7 Å². The Morgan fingerprint density at radius 2 is 1.67 bits per heavy atom. The summed E-state index contributed by atoms with van der Waals surface area (Å²) in [5.74, 6) is 1.11. The molecular weight excluding hydrogens is 569 g/mol. The predicted molar refractivity (Wildman–Crippen MR) is 164 cm³/mol. The lowest BCUT2D eigenvalue weighted by Crippen LogP contribution is -2.28. The minimum atomic E-state index is -0.607. The van der Waals surface area contributed by atoms with Crippen LogP contribution in [0.4, 0.5) is 15.8 Å². The van der Waals surface area contributed by atoms with Crippen molar-refractivity contribution in [1.82, 2.24) is 14.8 Å². The van der Waals surface area contributed by atoms with E-state index in [-0.39, 0.29) is 5.69 Å². The number of benzene rings is 2. The summed E-state index contributed by atoms with van der Waals surface area (Å²) in [5.41, 5.74) is 1.66. The molecule has 2 aromatic heterocycles. The number of hydrogen-bond acceptors (Lipinski definition) is 8. The zero-order chi connectivity index (χ0) is 29.5. The minimum Gasteiger partial charge on any atom is -0.486 e. The molecule has 5 heterocycles. The number of ether oxygens (including phenoxy) is 2. The molecule has 0 aliphatic carbocycles. The van der Waals surface area contributed by atoms with Crippen LogP contribution in [-0.4, -0.2) is 72.5 Å². The Bertz CT molecular complexity index is 1700. The number of halogens is 1. The smallest absolute Gasteiger partial charge is 0.265 e. The molecular formula is C32H32FN5O4S. The van der Waals surface area contributed by atoms with Crippen molar-refractivity contribution in [3.63, 3.8) is 0 Å². The second-order valence-corrected chi connectivity index (χ2v) is 12.4. The molecule has 2 amide bonds. The monoisotopic (exact) mass is 601 g/mol. The van der Waals surface area contributed by atoms with Gasteiger partial charge in [0.2, 0.25) is 0 Å². The maximum absolute atomic E-state index is 14.7. The number of hydrogen-bond donors (Lipinski definition) is 2. The van der Waals surface area contributed by atoms with E-state index >= 15 is 0 Å². The molecule has 2 saturated heterocycles. The van der Waals surface area contributed by atoms with Crippen molar-refractivity contribution in [2.75, 3.05) is 56.6 Å². The highest BCUT2D eigenvalue weighted by Gasteiger charge is 2.39. The number of amides is 2. The van der Waals surface area contributed by atoms with Gasteiger partial charge in [0.25, 0.3) is 11.8 Å². The number of thiophene rings is 1. The number of likely N-dealkylation sites (tertiary alicyclic amines) is 2. The predicted octanol–water partition coefficient (Wildman–Crippen LogP) is 5.09. The van der Waals surface area contributed by atoms with Crippen molar-refractivity contribution in [2.24, 2.45) is 11.8 Å². The van der Waals surface area contributed by atoms with Gasteiger partial charge in [-0.2, -0.15) is 0 Å². The summed E-state index contributed by atoms with van der Waals surface area (Å²) < 4.78 is 25.8. The largest absolute Gasteiger partial charge is 0.486 e. The number of anilines is 2. The molecule has 2 aromatic carbocycles. The van der Waals surface area contributed by atoms with Crippen LogP contribution in [0.25, 0.3) is 10.2 Å². The van der Waals surface area contributed by atoms with Crippen LogP contribution >= 0.6 is 11.3 Å². The molecule has 2 N–H and O–H groups in total. The fourth-order valence-electron chi connectivity index (χ4n) is 6.23. The highest BCUT2D eigenvalue weighted by molar-refractivity contribution is 7.20. The number of carbonyl (C=O) groups excluding carboxylic acids is 2. The van der Waals surface area contributed by atoms with Crippen molar-refractivity contribution in [2.45, 2.75) is 13.5 Å². The normalized spacial score (nSPS) is 19.9. The Balaban J connectivity index is 1.00. The van der Waals surface area contributed by atoms with Gasteiger partial charge >= 0.3 is 0 Å². The lowest BCUT2D eigenvalue weighted by atomic mass is 10.0. The van der Waals surface area contributed by atoms with Crippen molar-refractivity contribution < 1.29 is 23.5 Å². The van der Waals surface area contributed by atoms with E-state index in [0.29, 0.717) is 40.8 Å². The van der Waals surface area contributed by atoms with Gasteiger partial charge in [-0.15, -0.1) is 11.3 Å². The first-order chi connectivity index (χ1) is 20.9. The molecule has 222 valence electrons. The maximum Gasteiger partial charge on any atom is 0.265 e. The van der Waals surface area contributed by atoms with Crippen LogP contribution in [0.3, 0.4) is 0 Å². The first kappa shape index (κ1) is 27.8. The quantitative estimate of drug-likeness (QED) is 0.305. The first-order valence-electron chi connectivity index (χ1n) is 14.6. The third-order valence-corrected chi connectivity index (χ3v) is 9.46. The van der Waals surface area contributed by atoms with Crippen LogP contribution in [0, 0.1) is 17.7 Å². The third kappa shape index (κ3) is 5.80. The summed E-state index contributed by atoms with van der Waals surface area (Å²) in [6.07, 6.45) is 0. The Kier molecular flexibility index (Phi) is 7.46. The lowest BCUT2D eigenvalue weighted by molar-refractivity contribution is 0.102. The Morgan fingerprint density at radius 1 is 0.907 bits per heavy atom. The standard InChI is InChI=1S/C32H32FN5O4S/c1-2-37-14-21-16-38(17-22(21)15-37)18-24-5-3-20-12-29(43-32(20)35-24)31(40)36-26-13-23(6-7-25(26)33)34-30(39)19-4-8-27-28(11-19)42-10-9-41-27/h3-8,11-13,21-22H,2,9-10,14-18H2,1H3,(H,34,39)(H,36,40)/t21-,22+. The SMILES string of the molecule is CCN1C[C@@H]2CN(Cc3ccc4cc(C(=O)Nc5cc(NC(=O)c6ccc7c(c6)OCCO7)ccc5F)sc4n3)C[C@@H]2C1. The summed E-state index contributed by atoms with van der Waals surface area (Å²) in [4.78, 5) is 37.1. The van der Waals surface area contributed by atoms with Crippen molar-refractivity contribution in [3.05, 3.63) is 76.5 Å². The van der Waals surface area contributed by atoms with Crippen molar-refractivity contribution in [3.8, 4) is 11.5 Å². The zero-order valence-electron chi connectivity index (χ0n) is 23.8. The molecule has 0 saturated carbocycles. The number of nitrogens with zero attached hydrogens (tertiary/aromatic N) is 3. The van der Waals surface area contributed by atoms with Gasteiger partial charge in [0, 0.05) is 49.4 Å². The maximum atomic E-state index is 14.7. The average Bonchev–Trinajstić information content (AvgIpc) is 3.71. The van der Waals surface area contributed by atoms with Gasteiger partial charge in [0.1, 0.15) is 23.9 Å². The fraction of sp³-hybridized carbons (Fsp3) is 0.344. The van der Waals surface area contributed by atoms with Crippen LogP contribution in [0.2, 0.25) is 0 Å². The van der Waals surface area contributed by atoms with E-state index in [2.05, 4.69) is 27.4 Å². The van der Waals surface area contributed by atoms with Crippen LogP contribution in [-0.2, 0) is 6.54 Å². The molecule has 43 heavy (non-hydrogen) atoms. The van der Waals surface area contributed by atoms with Gasteiger partial charge in [0.15, 0.2) is 11.5 Å². The van der Waals surface area contributed by atoms with Crippen LogP contribution in [0.1, 0.15) is 32.6 Å². The molecule has 0 radical (unpaired) electrons. The molecule has 0 bridgehead atoms. The summed E-state index contributed by atoms with van der Waals surface area (Å²) in [7, 11) is 0. The second-order valence-electron chi connectivity index (χ2n) is 11.3. The molecule has 7 rings (SSSR count). The molecule has 0 spiro atoms. The Hall–Kier alpha value is -4.06. The van der Waals surface area contributed by atoms with Crippen LogP contribution < -0.4 is 20.1 Å². The van der Waals surface area contributed by atoms with Crippen molar-refractivity contribution in [1.29, 1.82) is 0 Å². The average molecular weight is 602 g/mol. The summed E-state index contributed by atoms with van der Waals surface area (Å²) in [5, 5.41) is 6.28. The van der Waals surface area contributed by atoms with Gasteiger partial charge in [-0.05, 0) is 66.9 Å². The summed E-state index contributed by atoms with van der Waals surface area (Å²) in [6.45, 7) is 9.58. The van der Waals surface area contributed by atoms with Gasteiger partial charge in [0.05, 0.1) is 16.3 Å². The van der Waals surface area contributed by atoms with Gasteiger partial charge in [-0.25, -0.2) is 9.37 Å². The van der Waals surface area contributed by atoms with Gasteiger partial charge in [-0.3, -0.25) is 14.5 Å². The van der Waals surface area contributed by atoms with Crippen LogP contribution in [0.5, 0.6) is 11.5 Å². The molecule has 2 atom stereocenters. The second kappa shape index (κ2) is 11.6. The highest BCUT2D eigenvalue weighted by Crippen LogP contribution is 2.33. The number of pyridine rings is 1. The van der Waals surface area contributed by atoms with Gasteiger partial charge < -0.3 is 25.0 Å². The molecule has 0 unspecified atom stereocenters. The van der Waals surface area contributed by atoms with E-state index < -0.39 is 17.6 Å². The molecule has 4 aromatic rings. The van der Waals surface area contributed by atoms with E-state index in [0.717, 1.165) is 53.9 Å². The van der Waals surface area contributed by atoms with E-state index in [1.807, 2.05) is 12.1 Å². The number of nitrogens with one attached hydrogen (secondary N) is 2. The molecule has 3 aliphatic heterocycles. The van der Waals surface area contributed by atoms with E-state index in [9.17, 15) is 14.0 Å². The molecule has 9 nitrogen and oxygen atoms in total. The van der Waals surface area contributed by atoms with Gasteiger partial charge in [-0.1, -0.05) is 13.0 Å². The number of rotatable bonds is 7. The number of fused-ring (bicyclic) bond motifs is 3. The Morgan fingerprint density at radius 3 is 2.47 bits per heavy atom. The topological polar surface area (TPSA) is 96.0 Å². The third-order valence-electron chi connectivity index (χ3n) is 8.41. The minimum absolute atomic E-state index is 0.0303. The zero-order valence-corrected chi connectivity index (χ0v) is 24.6. The van der Waals surface area contributed by atoms with E-state index in [1.54, 1.807) is 24.3 Å². The first-order valence-corrected chi connectivity index (χ1v) is 15.4. The number of carbonyl (C=O) groups is 2. The summed E-state index contributed by atoms with van der Waals surface area (Å²) in [6, 6.07) is 14.8. The lowest BCUT2D eigenvalue weighted by Gasteiger charge is -2.19. The summed E-state index contributed by atoms with van der Waals surface area (Å²) >= 11 is 1.28. The molecule has 2 fully saturated rings. The molecule has 11 heteroatoms. The van der Waals surface area contributed by atoms with E-state index in [4.69, 9.17) is 14.5 Å². The fourth-order valence-corrected chi connectivity index (χ4v) is 7.18. The Labute approximate surface area is 252 Å². The van der Waals surface area contributed by atoms with Crippen LogP contribution in [0.15, 0.2) is 54.6 Å². The molecule has 3 aliphatic rings. The highest BCUT2D eigenvalue weighted by atomic mass is 32.1.